The van der Waals surface area contributed by atoms with Gasteiger partial charge in [-0.3, -0.25) is 4.79 Å². The highest BCUT2D eigenvalue weighted by molar-refractivity contribution is 5.97. The first kappa shape index (κ1) is 24.0. The fourth-order valence-corrected chi connectivity index (χ4v) is 3.38. The van der Waals surface area contributed by atoms with Crippen molar-refractivity contribution in [1.29, 1.82) is 0 Å². The molecule has 1 N–H and O–H groups in total. The van der Waals surface area contributed by atoms with Crippen LogP contribution in [0.4, 0.5) is 0 Å². The lowest BCUT2D eigenvalue weighted by molar-refractivity contribution is -0.123. The van der Waals surface area contributed by atoms with Crippen LogP contribution in [0.1, 0.15) is 43.2 Å². The van der Waals surface area contributed by atoms with Crippen LogP contribution in [0, 0.1) is 12.8 Å². The van der Waals surface area contributed by atoms with Crippen LogP contribution in [0.15, 0.2) is 54.6 Å². The molecule has 1 heterocycles. The molecular formula is C26H31N3O4. The van der Waals surface area contributed by atoms with Crippen molar-refractivity contribution in [3.63, 3.8) is 0 Å². The van der Waals surface area contributed by atoms with E-state index in [1.807, 2.05) is 49.4 Å². The van der Waals surface area contributed by atoms with Gasteiger partial charge in [-0.1, -0.05) is 32.0 Å². The molecule has 33 heavy (non-hydrogen) atoms. The topological polar surface area (TPSA) is 82.4 Å². The van der Waals surface area contributed by atoms with Crippen molar-refractivity contribution in [2.45, 2.75) is 34.1 Å². The number of benzene rings is 2. The number of ether oxygens (including phenoxy) is 2. The third-order valence-corrected chi connectivity index (χ3v) is 5.14. The number of esters is 1. The summed E-state index contributed by atoms with van der Waals surface area (Å²) in [5, 5.41) is 7.57. The number of aromatic nitrogens is 2. The standard InChI is InChI=1S/C26H31N3O4/c1-5-32-26(31)24-19(4)29(21-9-7-6-8-10-21)28-25(24)20-11-13-22(14-12-20)33-17-23(30)27-16-15-18(2)3/h6-14,18H,5,15-17H2,1-4H3,(H,27,30). The molecule has 7 nitrogen and oxygen atoms in total. The maximum absolute atomic E-state index is 12.7. The quantitative estimate of drug-likeness (QED) is 0.459. The van der Waals surface area contributed by atoms with E-state index in [2.05, 4.69) is 19.2 Å². The predicted molar refractivity (Wildman–Crippen MR) is 128 cm³/mol. The van der Waals surface area contributed by atoms with Crippen LogP contribution < -0.4 is 10.1 Å². The highest BCUT2D eigenvalue weighted by atomic mass is 16.5. The van der Waals surface area contributed by atoms with E-state index < -0.39 is 5.97 Å². The first-order valence-corrected chi connectivity index (χ1v) is 11.2. The zero-order valence-electron chi connectivity index (χ0n) is 19.6. The highest BCUT2D eigenvalue weighted by Gasteiger charge is 2.24. The van der Waals surface area contributed by atoms with Crippen LogP contribution in [-0.4, -0.2) is 41.4 Å². The first-order valence-electron chi connectivity index (χ1n) is 11.2. The van der Waals surface area contributed by atoms with E-state index in [1.54, 1.807) is 23.7 Å². The van der Waals surface area contributed by atoms with E-state index in [1.165, 1.54) is 0 Å². The summed E-state index contributed by atoms with van der Waals surface area (Å²) in [6, 6.07) is 16.8. The van der Waals surface area contributed by atoms with Crippen LogP contribution in [0.3, 0.4) is 0 Å². The maximum atomic E-state index is 12.7. The van der Waals surface area contributed by atoms with Gasteiger partial charge < -0.3 is 14.8 Å². The number of carbonyl (C=O) groups excluding carboxylic acids is 2. The van der Waals surface area contributed by atoms with Crippen molar-refractivity contribution in [2.24, 2.45) is 5.92 Å². The van der Waals surface area contributed by atoms with Gasteiger partial charge >= 0.3 is 5.97 Å². The molecule has 3 rings (SSSR count). The lowest BCUT2D eigenvalue weighted by atomic mass is 10.1. The monoisotopic (exact) mass is 449 g/mol. The molecular weight excluding hydrogens is 418 g/mol. The number of rotatable bonds is 10. The molecule has 0 spiro atoms. The zero-order valence-corrected chi connectivity index (χ0v) is 19.6. The molecule has 0 radical (unpaired) electrons. The van der Waals surface area contributed by atoms with Crippen LogP contribution in [0.5, 0.6) is 5.75 Å². The smallest absolute Gasteiger partial charge is 0.342 e. The molecule has 0 saturated heterocycles. The Morgan fingerprint density at radius 1 is 1.06 bits per heavy atom. The Hall–Kier alpha value is -3.61. The number of amides is 1. The van der Waals surface area contributed by atoms with E-state index in [9.17, 15) is 9.59 Å². The van der Waals surface area contributed by atoms with Gasteiger partial charge in [-0.05, 0) is 62.6 Å². The summed E-state index contributed by atoms with van der Waals surface area (Å²) < 4.78 is 12.6. The van der Waals surface area contributed by atoms with E-state index in [4.69, 9.17) is 14.6 Å². The number of nitrogens with zero attached hydrogens (tertiary/aromatic N) is 2. The summed E-state index contributed by atoms with van der Waals surface area (Å²) in [5.41, 5.74) is 3.28. The highest BCUT2D eigenvalue weighted by Crippen LogP contribution is 2.29. The Kier molecular flexibility index (Phi) is 8.24. The molecule has 0 saturated carbocycles. The molecule has 1 aromatic heterocycles. The number of carbonyl (C=O) groups is 2. The largest absolute Gasteiger partial charge is 0.484 e. The number of hydrogen-bond acceptors (Lipinski definition) is 5. The number of hydrogen-bond donors (Lipinski definition) is 1. The number of nitrogens with one attached hydrogen (secondary N) is 1. The van der Waals surface area contributed by atoms with Crippen LogP contribution in [0.25, 0.3) is 16.9 Å². The molecule has 174 valence electrons. The average Bonchev–Trinajstić information content (AvgIpc) is 3.15. The molecule has 0 aliphatic heterocycles. The molecule has 0 aliphatic rings. The Morgan fingerprint density at radius 2 is 1.76 bits per heavy atom. The van der Waals surface area contributed by atoms with Crippen molar-refractivity contribution in [1.82, 2.24) is 15.1 Å². The first-order chi connectivity index (χ1) is 15.9. The van der Waals surface area contributed by atoms with Crippen molar-refractivity contribution < 1.29 is 19.1 Å². The van der Waals surface area contributed by atoms with Crippen molar-refractivity contribution >= 4 is 11.9 Å². The van der Waals surface area contributed by atoms with Crippen LogP contribution in [0.2, 0.25) is 0 Å². The third kappa shape index (κ3) is 6.22. The Morgan fingerprint density at radius 3 is 2.39 bits per heavy atom. The summed E-state index contributed by atoms with van der Waals surface area (Å²) in [6.45, 7) is 8.72. The summed E-state index contributed by atoms with van der Waals surface area (Å²) in [6.07, 6.45) is 0.929. The minimum absolute atomic E-state index is 0.0484. The molecule has 0 atom stereocenters. The molecule has 7 heteroatoms. The molecule has 0 unspecified atom stereocenters. The van der Waals surface area contributed by atoms with Gasteiger partial charge in [0.25, 0.3) is 5.91 Å². The third-order valence-electron chi connectivity index (χ3n) is 5.14. The molecule has 0 fully saturated rings. The summed E-state index contributed by atoms with van der Waals surface area (Å²) >= 11 is 0. The Bertz CT molecular complexity index is 1070. The van der Waals surface area contributed by atoms with Crippen LogP contribution in [-0.2, 0) is 9.53 Å². The van der Waals surface area contributed by atoms with Gasteiger partial charge in [0.1, 0.15) is 17.0 Å². The second-order valence-electron chi connectivity index (χ2n) is 8.12. The lowest BCUT2D eigenvalue weighted by Crippen LogP contribution is -2.30. The van der Waals surface area contributed by atoms with Crippen molar-refractivity contribution in [3.05, 3.63) is 65.9 Å². The lowest BCUT2D eigenvalue weighted by Gasteiger charge is -2.09. The summed E-state index contributed by atoms with van der Waals surface area (Å²) in [5.74, 6) is 0.536. The van der Waals surface area contributed by atoms with Gasteiger partial charge in [-0.25, -0.2) is 9.48 Å². The van der Waals surface area contributed by atoms with Gasteiger partial charge in [0.15, 0.2) is 6.61 Å². The molecule has 0 aliphatic carbocycles. The Balaban J connectivity index is 1.79. The van der Waals surface area contributed by atoms with Gasteiger partial charge in [-0.15, -0.1) is 0 Å². The Labute approximate surface area is 194 Å². The van der Waals surface area contributed by atoms with Crippen molar-refractivity contribution in [3.8, 4) is 22.7 Å². The summed E-state index contributed by atoms with van der Waals surface area (Å²) in [4.78, 5) is 24.7. The molecule has 3 aromatic rings. The predicted octanol–water partition coefficient (Wildman–Crippen LogP) is 4.57. The van der Waals surface area contributed by atoms with Gasteiger partial charge in [0.05, 0.1) is 18.0 Å². The van der Waals surface area contributed by atoms with E-state index in [0.717, 1.165) is 17.7 Å². The molecule has 2 aromatic carbocycles. The van der Waals surface area contributed by atoms with Gasteiger partial charge in [-0.2, -0.15) is 5.10 Å². The van der Waals surface area contributed by atoms with E-state index in [0.29, 0.717) is 35.2 Å². The fraction of sp³-hybridized carbons (Fsp3) is 0.346. The summed E-state index contributed by atoms with van der Waals surface area (Å²) in [7, 11) is 0. The molecule has 1 amide bonds. The van der Waals surface area contributed by atoms with Crippen molar-refractivity contribution in [2.75, 3.05) is 19.8 Å². The maximum Gasteiger partial charge on any atom is 0.342 e. The number of para-hydroxylation sites is 1. The minimum atomic E-state index is -0.412. The van der Waals surface area contributed by atoms with Gasteiger partial charge in [0.2, 0.25) is 0 Å². The second kappa shape index (κ2) is 11.3. The normalized spacial score (nSPS) is 10.8. The second-order valence-corrected chi connectivity index (χ2v) is 8.12. The fourth-order valence-electron chi connectivity index (χ4n) is 3.38. The van der Waals surface area contributed by atoms with E-state index >= 15 is 0 Å². The SMILES string of the molecule is CCOC(=O)c1c(-c2ccc(OCC(=O)NCCC(C)C)cc2)nn(-c2ccccc2)c1C. The van der Waals surface area contributed by atoms with Crippen LogP contribution >= 0.6 is 0 Å². The van der Waals surface area contributed by atoms with E-state index in [-0.39, 0.29) is 19.1 Å². The zero-order chi connectivity index (χ0) is 23.8. The van der Waals surface area contributed by atoms with Gasteiger partial charge in [0, 0.05) is 12.1 Å². The minimum Gasteiger partial charge on any atom is -0.484 e. The molecule has 0 bridgehead atoms. The average molecular weight is 450 g/mol.